The van der Waals surface area contributed by atoms with E-state index in [0.29, 0.717) is 0 Å². The molecule has 0 N–H and O–H groups in total. The second-order valence-electron chi connectivity index (χ2n) is 3.64. The van der Waals surface area contributed by atoms with E-state index in [-0.39, 0.29) is 9.21 Å². The first-order valence-corrected chi connectivity index (χ1v) is 14.9. The predicted molar refractivity (Wildman–Crippen MR) is 51.5 cm³/mol. The fourth-order valence-electron chi connectivity index (χ4n) is 1.66. The summed E-state index contributed by atoms with van der Waals surface area (Å²) in [7, 11) is 7.38. The van der Waals surface area contributed by atoms with Crippen molar-refractivity contribution in [3.8, 4) is 0 Å². The Labute approximate surface area is 110 Å². The molecule has 5 nitrogen and oxygen atoms in total. The summed E-state index contributed by atoms with van der Waals surface area (Å²) in [5, 5.41) is 0. The number of hydrogen-bond donors (Lipinski definition) is 0. The van der Waals surface area contributed by atoms with Gasteiger partial charge in [-0.1, -0.05) is 0 Å². The number of halogens is 1. The van der Waals surface area contributed by atoms with Gasteiger partial charge >= 0.3 is 110 Å². The van der Waals surface area contributed by atoms with E-state index in [1.165, 1.54) is 14.0 Å². The van der Waals surface area contributed by atoms with Gasteiger partial charge in [0.25, 0.3) is 0 Å². The van der Waals surface area contributed by atoms with Crippen molar-refractivity contribution in [3.63, 3.8) is 0 Å². The van der Waals surface area contributed by atoms with E-state index in [1.54, 1.807) is 6.92 Å². The molecule has 88 valence electrons. The van der Waals surface area contributed by atoms with E-state index >= 15 is 0 Å². The second kappa shape index (κ2) is 6.28. The van der Waals surface area contributed by atoms with Gasteiger partial charge in [0, 0.05) is 0 Å². The first-order chi connectivity index (χ1) is 7.51. The van der Waals surface area contributed by atoms with E-state index in [4.69, 9.17) is 22.5 Å². The summed E-state index contributed by atoms with van der Waals surface area (Å²) in [5.41, 5.74) is 0. The van der Waals surface area contributed by atoms with Crippen molar-refractivity contribution >= 4 is 20.0 Å². The van der Waals surface area contributed by atoms with Crippen molar-refractivity contribution < 1.29 is 47.1 Å². The normalized spacial score (nSPS) is 34.4. The summed E-state index contributed by atoms with van der Waals surface area (Å²) in [4.78, 5) is 22.9. The molecule has 0 aromatic rings. The van der Waals surface area contributed by atoms with E-state index in [2.05, 4.69) is 0 Å². The molecule has 1 fully saturated rings. The van der Waals surface area contributed by atoms with Crippen LogP contribution in [0.1, 0.15) is 13.8 Å². The van der Waals surface area contributed by atoms with Crippen molar-refractivity contribution in [1.82, 2.24) is 0 Å². The number of ether oxygens (including phenoxy) is 3. The van der Waals surface area contributed by atoms with Gasteiger partial charge in [0.05, 0.1) is 0 Å². The third-order valence-electron chi connectivity index (χ3n) is 2.44. The van der Waals surface area contributed by atoms with Crippen molar-refractivity contribution in [2.75, 3.05) is 7.11 Å². The van der Waals surface area contributed by atoms with Gasteiger partial charge in [0.2, 0.25) is 0 Å². The van der Waals surface area contributed by atoms with Crippen LogP contribution in [0.4, 0.5) is 0 Å². The quantitative estimate of drug-likeness (QED) is 0.485. The number of rotatable bonds is 3. The van der Waals surface area contributed by atoms with Gasteiger partial charge in [-0.25, -0.2) is 0 Å². The minimum atomic E-state index is -1.87. The molecule has 0 spiro atoms. The molecule has 1 rings (SSSR count). The topological polar surface area (TPSA) is 61.8 Å². The third-order valence-corrected chi connectivity index (χ3v) is 9.71. The zero-order valence-electron chi connectivity index (χ0n) is 9.44. The summed E-state index contributed by atoms with van der Waals surface area (Å²) in [6.45, 7) is 2.95. The Hall–Kier alpha value is 0.285. The monoisotopic (exact) mass is 438 g/mol. The Balaban J connectivity index is 2.81. The molecule has 4 atom stereocenters. The molecular formula is C9H13ClHgO5. The van der Waals surface area contributed by atoms with Crippen LogP contribution in [0.25, 0.3) is 0 Å². The second-order valence-corrected chi connectivity index (χ2v) is 11.0. The third kappa shape index (κ3) is 3.15. The SMILES string of the molecule is COC1OC(C)[C@H](OC(C)=O)C(=O)[C@@H]1[Hg][Cl]. The molecule has 2 unspecified atom stereocenters. The van der Waals surface area contributed by atoms with E-state index < -0.39 is 47.8 Å². The van der Waals surface area contributed by atoms with E-state index in [1.807, 2.05) is 0 Å². The molecule has 1 aliphatic rings. The van der Waals surface area contributed by atoms with Gasteiger partial charge in [-0.15, -0.1) is 0 Å². The van der Waals surface area contributed by atoms with Gasteiger partial charge < -0.3 is 0 Å². The Morgan fingerprint density at radius 3 is 2.62 bits per heavy atom. The van der Waals surface area contributed by atoms with Crippen LogP contribution in [0.15, 0.2) is 0 Å². The summed E-state index contributed by atoms with van der Waals surface area (Å²) >= 11 is -1.87. The predicted octanol–water partition coefficient (Wildman–Crippen LogP) is 0.903. The number of hydrogen-bond acceptors (Lipinski definition) is 5. The molecule has 7 heteroatoms. The molecule has 1 saturated heterocycles. The Kier molecular flexibility index (Phi) is 5.63. The number of carbonyl (C=O) groups excluding carboxylic acids is 2. The van der Waals surface area contributed by atoms with Crippen molar-refractivity contribution in [1.29, 1.82) is 0 Å². The van der Waals surface area contributed by atoms with Crippen LogP contribution in [0.2, 0.25) is 3.43 Å². The molecule has 0 amide bonds. The molecule has 16 heavy (non-hydrogen) atoms. The molecule has 1 heterocycles. The van der Waals surface area contributed by atoms with Crippen LogP contribution < -0.4 is 0 Å². The maximum atomic E-state index is 12.0. The van der Waals surface area contributed by atoms with Gasteiger partial charge in [-0.2, -0.15) is 0 Å². The number of ketones is 1. The summed E-state index contributed by atoms with van der Waals surface area (Å²) in [5.74, 6) is -0.646. The Bertz CT molecular complexity index is 285. The Morgan fingerprint density at radius 1 is 1.56 bits per heavy atom. The van der Waals surface area contributed by atoms with Crippen LogP contribution in [-0.2, 0) is 47.1 Å². The van der Waals surface area contributed by atoms with Crippen molar-refractivity contribution in [2.24, 2.45) is 0 Å². The fourth-order valence-corrected chi connectivity index (χ4v) is 7.51. The van der Waals surface area contributed by atoms with Gasteiger partial charge in [0.15, 0.2) is 0 Å². The first-order valence-electron chi connectivity index (χ1n) is 4.96. The first kappa shape index (κ1) is 14.3. The van der Waals surface area contributed by atoms with Crippen LogP contribution in [0.5, 0.6) is 0 Å². The minimum absolute atomic E-state index is 0.155. The van der Waals surface area contributed by atoms with Crippen LogP contribution in [0.3, 0.4) is 0 Å². The molecule has 0 aromatic carbocycles. The number of esters is 1. The number of Topliss-reactive ketones (excluding diaryl/α,β-unsaturated/α-hetero) is 1. The van der Waals surface area contributed by atoms with Crippen LogP contribution in [0, 0.1) is 0 Å². The zero-order chi connectivity index (χ0) is 12.3. The fraction of sp³-hybridized carbons (Fsp3) is 0.778. The van der Waals surface area contributed by atoms with E-state index in [0.717, 1.165) is 0 Å². The molecule has 0 aromatic heterocycles. The number of carbonyl (C=O) groups is 2. The Morgan fingerprint density at radius 2 is 2.19 bits per heavy atom. The molecular weight excluding hydrogens is 424 g/mol. The summed E-state index contributed by atoms with van der Waals surface area (Å²) < 4.78 is 15.1. The van der Waals surface area contributed by atoms with E-state index in [9.17, 15) is 9.59 Å². The van der Waals surface area contributed by atoms with Gasteiger partial charge in [-0.3, -0.25) is 0 Å². The maximum absolute atomic E-state index is 12.0. The van der Waals surface area contributed by atoms with Gasteiger partial charge in [0.1, 0.15) is 0 Å². The molecule has 0 aliphatic carbocycles. The molecule has 0 bridgehead atoms. The molecule has 1 aliphatic heterocycles. The average Bonchev–Trinajstić information content (AvgIpc) is 2.23. The standard InChI is InChI=1S/C9H13O5.ClH.Hg/c1-5-9(14-6(2)10)7(11)4-8(12-3)13-5;;/h4-5,8-9H,1-3H3;1H;/q;;+1/p-1/t5?,8?,9-;;/m0../s1. The van der Waals surface area contributed by atoms with Crippen molar-refractivity contribution in [3.05, 3.63) is 0 Å². The summed E-state index contributed by atoms with van der Waals surface area (Å²) in [6, 6.07) is 0. The number of methoxy groups -OCH3 is 1. The molecule has 0 saturated carbocycles. The zero-order valence-corrected chi connectivity index (χ0v) is 15.7. The van der Waals surface area contributed by atoms with Crippen LogP contribution in [-0.4, -0.2) is 37.4 Å². The van der Waals surface area contributed by atoms with Crippen molar-refractivity contribution in [2.45, 2.75) is 35.8 Å². The van der Waals surface area contributed by atoms with Gasteiger partial charge in [-0.05, 0) is 0 Å². The molecule has 0 radical (unpaired) electrons. The average molecular weight is 437 g/mol. The van der Waals surface area contributed by atoms with Crippen LogP contribution >= 0.6 is 8.25 Å². The summed E-state index contributed by atoms with van der Waals surface area (Å²) in [6.07, 6.45) is -1.91.